The maximum Gasteiger partial charge on any atom is 0.191 e. The van der Waals surface area contributed by atoms with Crippen LogP contribution in [0, 0.1) is 17.5 Å². The molecule has 1 aliphatic heterocycles. The molecule has 24 heavy (non-hydrogen) atoms. The van der Waals surface area contributed by atoms with Crippen LogP contribution < -0.4 is 4.74 Å². The van der Waals surface area contributed by atoms with Crippen LogP contribution >= 0.6 is 11.3 Å². The van der Waals surface area contributed by atoms with Gasteiger partial charge in [-0.2, -0.15) is 0 Å². The van der Waals surface area contributed by atoms with E-state index in [-0.39, 0.29) is 12.7 Å². The molecular formula is C16H17F3N2O2S. The van der Waals surface area contributed by atoms with Crippen molar-refractivity contribution in [2.24, 2.45) is 0 Å². The summed E-state index contributed by atoms with van der Waals surface area (Å²) in [6.07, 6.45) is 0.930. The van der Waals surface area contributed by atoms with Gasteiger partial charge in [-0.25, -0.2) is 18.2 Å². The molecule has 0 bridgehead atoms. The highest BCUT2D eigenvalue weighted by Gasteiger charge is 2.24. The first kappa shape index (κ1) is 17.2. The molecule has 0 aliphatic carbocycles. The molecule has 4 nitrogen and oxygen atoms in total. The van der Waals surface area contributed by atoms with Crippen LogP contribution in [-0.4, -0.2) is 34.2 Å². The number of aromatic nitrogens is 1. The molecule has 3 rings (SSSR count). The predicted molar refractivity (Wildman–Crippen MR) is 83.3 cm³/mol. The molecular weight excluding hydrogens is 341 g/mol. The molecule has 0 unspecified atom stereocenters. The van der Waals surface area contributed by atoms with Crippen LogP contribution in [0.3, 0.4) is 0 Å². The van der Waals surface area contributed by atoms with Crippen molar-refractivity contribution < 1.29 is 23.0 Å². The second-order valence-electron chi connectivity index (χ2n) is 5.68. The number of hydrogen-bond donors (Lipinski definition) is 1. The van der Waals surface area contributed by atoms with Crippen molar-refractivity contribution in [1.29, 1.82) is 0 Å². The molecule has 130 valence electrons. The number of rotatable bonds is 5. The molecule has 1 saturated heterocycles. The summed E-state index contributed by atoms with van der Waals surface area (Å²) in [5.74, 6) is -3.51. The van der Waals surface area contributed by atoms with Crippen molar-refractivity contribution in [3.63, 3.8) is 0 Å². The second-order valence-corrected chi connectivity index (χ2v) is 6.63. The fourth-order valence-electron chi connectivity index (χ4n) is 2.72. The lowest BCUT2D eigenvalue weighted by Gasteiger charge is -2.31. The number of aliphatic hydroxyl groups excluding tert-OH is 1. The molecule has 2 heterocycles. The minimum absolute atomic E-state index is 0.0601. The van der Waals surface area contributed by atoms with Gasteiger partial charge in [0.15, 0.2) is 17.4 Å². The van der Waals surface area contributed by atoms with Crippen LogP contribution in [0.4, 0.5) is 13.2 Å². The molecule has 0 atom stereocenters. The number of benzene rings is 1. The quantitative estimate of drug-likeness (QED) is 0.892. The number of halogens is 3. The lowest BCUT2D eigenvalue weighted by Crippen LogP contribution is -2.38. The summed E-state index contributed by atoms with van der Waals surface area (Å²) in [5.41, 5.74) is 0.902. The Kier molecular flexibility index (Phi) is 5.37. The number of piperidine rings is 1. The molecule has 0 radical (unpaired) electrons. The molecule has 1 aromatic carbocycles. The van der Waals surface area contributed by atoms with Crippen molar-refractivity contribution in [2.75, 3.05) is 13.1 Å². The smallest absolute Gasteiger partial charge is 0.191 e. The summed E-state index contributed by atoms with van der Waals surface area (Å²) >= 11 is 1.42. The maximum atomic E-state index is 13.6. The van der Waals surface area contributed by atoms with E-state index in [0.717, 1.165) is 5.69 Å². The molecule has 1 fully saturated rings. The molecule has 1 N–H and O–H groups in total. The minimum Gasteiger partial charge on any atom is -0.484 e. The van der Waals surface area contributed by atoms with Crippen molar-refractivity contribution in [2.45, 2.75) is 32.1 Å². The zero-order valence-corrected chi connectivity index (χ0v) is 13.7. The third-order valence-corrected chi connectivity index (χ3v) is 4.78. The average Bonchev–Trinajstić information content (AvgIpc) is 3.00. The molecule has 1 aliphatic rings. The number of thiazole rings is 1. The topological polar surface area (TPSA) is 45.6 Å². The van der Waals surface area contributed by atoms with Crippen molar-refractivity contribution >= 4 is 11.3 Å². The Bertz CT molecular complexity index is 679. The third kappa shape index (κ3) is 4.06. The van der Waals surface area contributed by atoms with Gasteiger partial charge in [0.1, 0.15) is 16.9 Å². The number of aliphatic hydroxyl groups is 1. The van der Waals surface area contributed by atoms with E-state index in [9.17, 15) is 13.2 Å². The van der Waals surface area contributed by atoms with Crippen molar-refractivity contribution in [1.82, 2.24) is 9.88 Å². The number of likely N-dealkylation sites (tertiary alicyclic amines) is 1. The first-order chi connectivity index (χ1) is 11.5. The summed E-state index contributed by atoms with van der Waals surface area (Å²) in [7, 11) is 0. The Hall–Kier alpha value is -1.64. The second kappa shape index (κ2) is 7.50. The largest absolute Gasteiger partial charge is 0.484 e. The van der Waals surface area contributed by atoms with Gasteiger partial charge in [0, 0.05) is 37.1 Å². The Labute approximate surface area is 141 Å². The molecule has 2 aromatic rings. The van der Waals surface area contributed by atoms with Crippen LogP contribution in [0.1, 0.15) is 23.5 Å². The number of nitrogens with zero attached hydrogens (tertiary/aromatic N) is 2. The standard InChI is InChI=1S/C16H17F3N2O2S/c17-10-5-13(18)16(14(19)6-10)23-12-1-3-21(4-2-12)7-11-9-24-15(8-22)20-11/h5-6,9,12,22H,1-4,7-8H2. The van der Waals surface area contributed by atoms with E-state index in [4.69, 9.17) is 9.84 Å². The van der Waals surface area contributed by atoms with Crippen molar-refractivity contribution in [3.05, 3.63) is 45.7 Å². The van der Waals surface area contributed by atoms with Gasteiger partial charge in [0.05, 0.1) is 12.3 Å². The summed E-state index contributed by atoms with van der Waals surface area (Å²) in [5, 5.41) is 11.6. The average molecular weight is 358 g/mol. The van der Waals surface area contributed by atoms with Crippen LogP contribution in [0.5, 0.6) is 5.75 Å². The van der Waals surface area contributed by atoms with E-state index >= 15 is 0 Å². The van der Waals surface area contributed by atoms with Gasteiger partial charge >= 0.3 is 0 Å². The summed E-state index contributed by atoms with van der Waals surface area (Å²) in [6.45, 7) is 2.03. The van der Waals surface area contributed by atoms with E-state index in [2.05, 4.69) is 9.88 Å². The maximum absolute atomic E-state index is 13.6. The highest BCUT2D eigenvalue weighted by Crippen LogP contribution is 2.26. The highest BCUT2D eigenvalue weighted by atomic mass is 32.1. The normalized spacial score (nSPS) is 16.5. The van der Waals surface area contributed by atoms with E-state index in [1.807, 2.05) is 5.38 Å². The van der Waals surface area contributed by atoms with E-state index in [0.29, 0.717) is 49.6 Å². The zero-order chi connectivity index (χ0) is 17.1. The molecule has 0 spiro atoms. The Balaban J connectivity index is 1.54. The van der Waals surface area contributed by atoms with E-state index in [1.54, 1.807) is 0 Å². The lowest BCUT2D eigenvalue weighted by molar-refractivity contribution is 0.0892. The van der Waals surface area contributed by atoms with Crippen LogP contribution in [-0.2, 0) is 13.2 Å². The molecule has 0 saturated carbocycles. The Morgan fingerprint density at radius 3 is 2.46 bits per heavy atom. The van der Waals surface area contributed by atoms with Crippen LogP contribution in [0.2, 0.25) is 0 Å². The summed E-state index contributed by atoms with van der Waals surface area (Å²) in [6, 6.07) is 1.24. The minimum atomic E-state index is -1.02. The van der Waals surface area contributed by atoms with Gasteiger partial charge in [-0.15, -0.1) is 11.3 Å². The fourth-order valence-corrected chi connectivity index (χ4v) is 3.36. The highest BCUT2D eigenvalue weighted by molar-refractivity contribution is 7.09. The SMILES string of the molecule is OCc1nc(CN2CCC(Oc3c(F)cc(F)cc3F)CC2)cs1. The third-order valence-electron chi connectivity index (χ3n) is 3.90. The van der Waals surface area contributed by atoms with Gasteiger partial charge in [-0.3, -0.25) is 4.90 Å². The number of hydrogen-bond acceptors (Lipinski definition) is 5. The molecule has 1 aromatic heterocycles. The first-order valence-corrected chi connectivity index (χ1v) is 8.51. The predicted octanol–water partition coefficient (Wildman–Crippen LogP) is 3.10. The summed E-state index contributed by atoms with van der Waals surface area (Å²) < 4.78 is 45.6. The van der Waals surface area contributed by atoms with Gasteiger partial charge in [-0.1, -0.05) is 0 Å². The Morgan fingerprint density at radius 2 is 1.88 bits per heavy atom. The first-order valence-electron chi connectivity index (χ1n) is 7.63. The van der Waals surface area contributed by atoms with Gasteiger partial charge < -0.3 is 9.84 Å². The summed E-state index contributed by atoms with van der Waals surface area (Å²) in [4.78, 5) is 6.48. The zero-order valence-electron chi connectivity index (χ0n) is 12.8. The molecule has 0 amide bonds. The monoisotopic (exact) mass is 358 g/mol. The Morgan fingerprint density at radius 1 is 1.21 bits per heavy atom. The number of ether oxygens (including phenoxy) is 1. The van der Waals surface area contributed by atoms with Gasteiger partial charge in [0.25, 0.3) is 0 Å². The van der Waals surface area contributed by atoms with Crippen LogP contribution in [0.25, 0.3) is 0 Å². The van der Waals surface area contributed by atoms with E-state index < -0.39 is 23.2 Å². The van der Waals surface area contributed by atoms with E-state index in [1.165, 1.54) is 11.3 Å². The molecule has 8 heteroatoms. The van der Waals surface area contributed by atoms with Gasteiger partial charge in [-0.05, 0) is 12.8 Å². The fraction of sp³-hybridized carbons (Fsp3) is 0.438. The van der Waals surface area contributed by atoms with Crippen molar-refractivity contribution in [3.8, 4) is 5.75 Å². The van der Waals surface area contributed by atoms with Gasteiger partial charge in [0.2, 0.25) is 0 Å². The van der Waals surface area contributed by atoms with Crippen LogP contribution in [0.15, 0.2) is 17.5 Å². The lowest BCUT2D eigenvalue weighted by atomic mass is 10.1.